The van der Waals surface area contributed by atoms with Crippen LogP contribution in [0.4, 0.5) is 0 Å². The quantitative estimate of drug-likeness (QED) is 0.262. The minimum Gasteiger partial charge on any atom is -0.340 e. The molecule has 2 heterocycles. The molecule has 0 fully saturated rings. The number of rotatable bonds is 6. The number of hydrogen-bond acceptors (Lipinski definition) is 2. The summed E-state index contributed by atoms with van der Waals surface area (Å²) in [5.74, 6) is -1.23. The zero-order chi connectivity index (χ0) is 22.7. The number of nitrogens with zero attached hydrogens (tertiary/aromatic N) is 1. The number of hydrogen-bond donors (Lipinski definition) is 1. The van der Waals surface area contributed by atoms with Gasteiger partial charge in [-0.15, -0.1) is 0 Å². The molecule has 1 aliphatic rings. The normalized spacial score (nSPS) is 15.1. The van der Waals surface area contributed by atoms with Gasteiger partial charge in [-0.25, -0.2) is 0 Å². The van der Waals surface area contributed by atoms with Gasteiger partial charge in [-0.2, -0.15) is 0 Å². The van der Waals surface area contributed by atoms with Gasteiger partial charge in [0, 0.05) is 38.9 Å². The van der Waals surface area contributed by atoms with Crippen LogP contribution in [0.15, 0.2) is 83.3 Å². The van der Waals surface area contributed by atoms with Crippen LogP contribution in [0.5, 0.6) is 0 Å². The molecule has 0 spiro atoms. The van der Waals surface area contributed by atoms with Crippen LogP contribution in [0.3, 0.4) is 0 Å². The third-order valence-electron chi connectivity index (χ3n) is 5.07. The topological polar surface area (TPSA) is 51.1 Å². The molecule has 3 aromatic rings. The predicted octanol–water partition coefficient (Wildman–Crippen LogP) is 6.10. The molecule has 1 atom stereocenters. The lowest BCUT2D eigenvalue weighted by atomic mass is 10.1. The maximum absolute atomic E-state index is 13.1. The van der Waals surface area contributed by atoms with Gasteiger partial charge in [0.25, 0.3) is 5.78 Å². The molecule has 0 radical (unpaired) electrons. The van der Waals surface area contributed by atoms with Crippen molar-refractivity contribution in [3.8, 4) is 11.3 Å². The third-order valence-corrected chi connectivity index (χ3v) is 7.07. The predicted molar refractivity (Wildman–Crippen MR) is 134 cm³/mol. The zero-order valence-corrected chi connectivity index (χ0v) is 19.5. The molecule has 2 aromatic carbocycles. The van der Waals surface area contributed by atoms with Crippen molar-refractivity contribution in [3.63, 3.8) is 0 Å². The molecule has 1 aromatic heterocycles. The number of carbonyl (C=O) groups excluding carboxylic acids is 2. The highest BCUT2D eigenvalue weighted by Crippen LogP contribution is 2.28. The van der Waals surface area contributed by atoms with Crippen LogP contribution in [-0.4, -0.2) is 21.6 Å². The standard InChI is InChI=1S/C25H20Cl2N2O2S/c1-17-22(24(30)25(31)28-32-13-5-8-21(27)16-32)14-23(19-6-3-2-4-7-19)29(17)15-18-9-11-20(26)12-10-18/h2-14,16H,15H2,1H3,(H,28,31). The number of Topliss-reactive ketones (excluding diaryl/α,β-unsaturated/α-hetero) is 1. The number of halogens is 2. The van der Waals surface area contributed by atoms with Crippen molar-refractivity contribution in [2.24, 2.45) is 0 Å². The van der Waals surface area contributed by atoms with Gasteiger partial charge in [-0.3, -0.25) is 14.3 Å². The van der Waals surface area contributed by atoms with E-state index in [2.05, 4.69) is 4.72 Å². The van der Waals surface area contributed by atoms with E-state index in [1.807, 2.05) is 66.1 Å². The molecule has 1 amide bonds. The Morgan fingerprint density at radius 1 is 1.03 bits per heavy atom. The van der Waals surface area contributed by atoms with Gasteiger partial charge in [0.05, 0.1) is 0 Å². The molecule has 1 N–H and O–H groups in total. The first-order valence-corrected chi connectivity index (χ1v) is 12.0. The molecule has 4 nitrogen and oxygen atoms in total. The molecule has 4 rings (SSSR count). The highest BCUT2D eigenvalue weighted by molar-refractivity contribution is 8.16. The number of ketones is 1. The largest absolute Gasteiger partial charge is 0.340 e. The number of benzene rings is 2. The van der Waals surface area contributed by atoms with Gasteiger partial charge >= 0.3 is 5.91 Å². The average molecular weight is 483 g/mol. The van der Waals surface area contributed by atoms with Crippen LogP contribution < -0.4 is 4.72 Å². The number of allylic oxidation sites excluding steroid dienone is 3. The molecule has 0 saturated carbocycles. The van der Waals surface area contributed by atoms with Crippen LogP contribution >= 0.6 is 33.9 Å². The number of nitrogens with one attached hydrogen (secondary N) is 1. The van der Waals surface area contributed by atoms with Gasteiger partial charge < -0.3 is 4.57 Å². The lowest BCUT2D eigenvalue weighted by Gasteiger charge is -2.13. The third kappa shape index (κ3) is 4.96. The Morgan fingerprint density at radius 2 is 1.75 bits per heavy atom. The van der Waals surface area contributed by atoms with Gasteiger partial charge in [0.2, 0.25) is 0 Å². The Bertz CT molecular complexity index is 1270. The summed E-state index contributed by atoms with van der Waals surface area (Å²) in [7, 11) is -0.720. The van der Waals surface area contributed by atoms with E-state index >= 15 is 0 Å². The molecule has 0 bridgehead atoms. The van der Waals surface area contributed by atoms with Crippen molar-refractivity contribution in [2.75, 3.05) is 0 Å². The molecule has 0 saturated heterocycles. The SMILES string of the molecule is Cc1c(C(=O)C(=O)NS2=CC(Cl)=CC=C2)cc(-c2ccccc2)n1Cc1ccc(Cl)cc1. The first kappa shape index (κ1) is 22.3. The summed E-state index contributed by atoms with van der Waals surface area (Å²) >= 11 is 12.0. The number of aromatic nitrogens is 1. The fourth-order valence-electron chi connectivity index (χ4n) is 3.45. The first-order chi connectivity index (χ1) is 15.4. The summed E-state index contributed by atoms with van der Waals surface area (Å²) in [5.41, 5.74) is 3.97. The van der Waals surface area contributed by atoms with Gasteiger partial charge in [-0.05, 0) is 47.7 Å². The first-order valence-electron chi connectivity index (χ1n) is 9.88. The van der Waals surface area contributed by atoms with Crippen LogP contribution in [0.1, 0.15) is 21.6 Å². The minimum atomic E-state index is -0.720. The Hall–Kier alpha value is -2.86. The molecular weight excluding hydrogens is 463 g/mol. The average Bonchev–Trinajstić information content (AvgIpc) is 3.11. The second-order valence-corrected chi connectivity index (χ2v) is 9.57. The van der Waals surface area contributed by atoms with E-state index in [9.17, 15) is 9.59 Å². The minimum absolute atomic E-state index is 0.376. The summed E-state index contributed by atoms with van der Waals surface area (Å²) in [6.45, 7) is 2.40. The van der Waals surface area contributed by atoms with Crippen molar-refractivity contribution >= 4 is 50.9 Å². The lowest BCUT2D eigenvalue weighted by Crippen LogP contribution is -2.27. The smallest absolute Gasteiger partial charge is 0.302 e. The number of carbonyl (C=O) groups is 2. The number of amides is 1. The van der Waals surface area contributed by atoms with Crippen LogP contribution in [0.25, 0.3) is 11.3 Å². The zero-order valence-electron chi connectivity index (χ0n) is 17.2. The highest BCUT2D eigenvalue weighted by Gasteiger charge is 2.24. The van der Waals surface area contributed by atoms with E-state index in [0.717, 1.165) is 22.5 Å². The Morgan fingerprint density at radius 3 is 2.44 bits per heavy atom. The maximum atomic E-state index is 13.1. The Balaban J connectivity index is 1.69. The second-order valence-electron chi connectivity index (χ2n) is 7.24. The van der Waals surface area contributed by atoms with Crippen LogP contribution in [0, 0.1) is 6.92 Å². The van der Waals surface area contributed by atoms with E-state index in [1.54, 1.807) is 29.0 Å². The van der Waals surface area contributed by atoms with E-state index < -0.39 is 22.4 Å². The molecular formula is C25H20Cl2N2O2S. The van der Waals surface area contributed by atoms with Gasteiger partial charge in [0.15, 0.2) is 0 Å². The fourth-order valence-corrected chi connectivity index (χ4v) is 5.02. The lowest BCUT2D eigenvalue weighted by molar-refractivity contribution is -0.115. The molecule has 0 aliphatic carbocycles. The molecule has 7 heteroatoms. The molecule has 32 heavy (non-hydrogen) atoms. The van der Waals surface area contributed by atoms with Gasteiger partial charge in [0.1, 0.15) is 0 Å². The van der Waals surface area contributed by atoms with Crippen LogP contribution in [-0.2, 0) is 11.3 Å². The van der Waals surface area contributed by atoms with E-state index in [0.29, 0.717) is 22.2 Å². The summed E-state index contributed by atoms with van der Waals surface area (Å²) in [6.07, 6.45) is 3.49. The highest BCUT2D eigenvalue weighted by atomic mass is 35.5. The van der Waals surface area contributed by atoms with Crippen molar-refractivity contribution in [1.82, 2.24) is 9.29 Å². The van der Waals surface area contributed by atoms with E-state index in [1.165, 1.54) is 0 Å². The molecule has 162 valence electrons. The Labute approximate surface area is 199 Å². The molecule has 1 unspecified atom stereocenters. The monoisotopic (exact) mass is 482 g/mol. The fraction of sp³-hybridized carbons (Fsp3) is 0.0800. The molecule has 1 aliphatic heterocycles. The van der Waals surface area contributed by atoms with Gasteiger partial charge in [-0.1, -0.05) is 82.4 Å². The summed E-state index contributed by atoms with van der Waals surface area (Å²) < 4.78 is 4.80. The van der Waals surface area contributed by atoms with E-state index in [4.69, 9.17) is 23.2 Å². The van der Waals surface area contributed by atoms with Crippen molar-refractivity contribution in [1.29, 1.82) is 0 Å². The second kappa shape index (κ2) is 9.74. The van der Waals surface area contributed by atoms with Crippen LogP contribution in [0.2, 0.25) is 5.02 Å². The van der Waals surface area contributed by atoms with E-state index in [-0.39, 0.29) is 0 Å². The summed E-state index contributed by atoms with van der Waals surface area (Å²) in [4.78, 5) is 25.8. The van der Waals surface area contributed by atoms with Crippen molar-refractivity contribution < 1.29 is 9.59 Å². The summed E-state index contributed by atoms with van der Waals surface area (Å²) in [5, 5.41) is 4.70. The summed E-state index contributed by atoms with van der Waals surface area (Å²) in [6, 6.07) is 19.2. The van der Waals surface area contributed by atoms with Crippen molar-refractivity contribution in [2.45, 2.75) is 13.5 Å². The van der Waals surface area contributed by atoms with Crippen molar-refractivity contribution in [3.05, 3.63) is 105 Å². The Kier molecular flexibility index (Phi) is 6.80. The maximum Gasteiger partial charge on any atom is 0.302 e.